The van der Waals surface area contributed by atoms with Crippen LogP contribution in [0.4, 0.5) is 4.79 Å². The van der Waals surface area contributed by atoms with Crippen LogP contribution in [0.15, 0.2) is 48.7 Å². The maximum absolute atomic E-state index is 13.2. The van der Waals surface area contributed by atoms with Crippen LogP contribution in [0, 0.1) is 0 Å². The van der Waals surface area contributed by atoms with Crippen molar-refractivity contribution < 1.29 is 9.59 Å². The summed E-state index contributed by atoms with van der Waals surface area (Å²) < 4.78 is 0. The quantitative estimate of drug-likeness (QED) is 0.880. The van der Waals surface area contributed by atoms with Crippen molar-refractivity contribution in [2.24, 2.45) is 0 Å². The van der Waals surface area contributed by atoms with Gasteiger partial charge in [0.1, 0.15) is 6.04 Å². The third kappa shape index (κ3) is 3.55. The van der Waals surface area contributed by atoms with Crippen LogP contribution in [-0.2, 0) is 17.9 Å². The Morgan fingerprint density at radius 2 is 1.93 bits per heavy atom. The van der Waals surface area contributed by atoms with E-state index in [1.165, 1.54) is 4.90 Å². The molecule has 2 aliphatic heterocycles. The Kier molecular flexibility index (Phi) is 5.09. The number of rotatable bonds is 4. The number of hydrogen-bond donors (Lipinski definition) is 1. The van der Waals surface area contributed by atoms with Gasteiger partial charge < -0.3 is 10.2 Å². The summed E-state index contributed by atoms with van der Waals surface area (Å²) in [5.74, 6) is -0.175. The van der Waals surface area contributed by atoms with E-state index < -0.39 is 0 Å². The molecule has 0 saturated carbocycles. The van der Waals surface area contributed by atoms with Gasteiger partial charge in [-0.3, -0.25) is 14.7 Å². The highest BCUT2D eigenvalue weighted by molar-refractivity contribution is 6.31. The van der Waals surface area contributed by atoms with Gasteiger partial charge in [0.15, 0.2) is 0 Å². The van der Waals surface area contributed by atoms with Crippen molar-refractivity contribution in [1.82, 2.24) is 20.1 Å². The van der Waals surface area contributed by atoms with Crippen LogP contribution in [0.1, 0.15) is 24.1 Å². The van der Waals surface area contributed by atoms with Crippen LogP contribution in [0.3, 0.4) is 0 Å². The minimum absolute atomic E-state index is 0.157. The molecule has 0 radical (unpaired) electrons. The molecule has 2 aliphatic rings. The molecule has 0 bridgehead atoms. The normalized spacial score (nSPS) is 22.7. The Hall–Kier alpha value is -2.44. The van der Waals surface area contributed by atoms with Crippen LogP contribution in [0.25, 0.3) is 0 Å². The summed E-state index contributed by atoms with van der Waals surface area (Å²) in [5.41, 5.74) is 1.56. The maximum atomic E-state index is 13.2. The van der Waals surface area contributed by atoms with Crippen LogP contribution in [-0.4, -0.2) is 45.4 Å². The zero-order valence-corrected chi connectivity index (χ0v) is 15.6. The van der Waals surface area contributed by atoms with E-state index in [0.717, 1.165) is 24.9 Å². The minimum atomic E-state index is -0.386. The summed E-state index contributed by atoms with van der Waals surface area (Å²) in [5, 5.41) is 3.92. The SMILES string of the molecule is O=C1C2NCCCC2N(Cc2ccccc2Cl)C(=O)N1Cc1ccccn1. The van der Waals surface area contributed by atoms with Gasteiger partial charge in [-0.1, -0.05) is 35.9 Å². The molecular formula is C20H21ClN4O2. The molecule has 4 rings (SSSR count). The Morgan fingerprint density at radius 3 is 2.70 bits per heavy atom. The molecular weight excluding hydrogens is 364 g/mol. The van der Waals surface area contributed by atoms with Crippen molar-refractivity contribution in [3.05, 3.63) is 64.9 Å². The van der Waals surface area contributed by atoms with Crippen molar-refractivity contribution in [2.45, 2.75) is 38.0 Å². The van der Waals surface area contributed by atoms with Crippen LogP contribution in [0.5, 0.6) is 0 Å². The lowest BCUT2D eigenvalue weighted by atomic mass is 9.93. The zero-order valence-electron chi connectivity index (χ0n) is 14.8. The summed E-state index contributed by atoms with van der Waals surface area (Å²) >= 11 is 6.32. The standard InChI is InChI=1S/C20H21ClN4O2/c21-16-8-2-1-6-14(16)12-24-17-9-5-11-23-18(17)19(26)25(20(24)27)13-15-7-3-4-10-22-15/h1-4,6-8,10,17-18,23H,5,9,11-13H2. The highest BCUT2D eigenvalue weighted by Crippen LogP contribution is 2.28. The number of hydrogen-bond acceptors (Lipinski definition) is 4. The Bertz CT molecular complexity index is 845. The number of carbonyl (C=O) groups excluding carboxylic acids is 2. The van der Waals surface area contributed by atoms with Crippen molar-refractivity contribution >= 4 is 23.5 Å². The molecule has 3 amide bonds. The molecule has 1 aromatic carbocycles. The van der Waals surface area contributed by atoms with Gasteiger partial charge in [0.25, 0.3) is 0 Å². The lowest BCUT2D eigenvalue weighted by Gasteiger charge is -2.47. The van der Waals surface area contributed by atoms with Gasteiger partial charge in [-0.05, 0) is 43.1 Å². The first-order chi connectivity index (χ1) is 13.1. The average Bonchev–Trinajstić information content (AvgIpc) is 2.70. The van der Waals surface area contributed by atoms with Gasteiger partial charge in [-0.25, -0.2) is 4.79 Å². The molecule has 3 heterocycles. The van der Waals surface area contributed by atoms with Crippen molar-refractivity contribution in [3.63, 3.8) is 0 Å². The largest absolute Gasteiger partial charge is 0.327 e. The summed E-state index contributed by atoms with van der Waals surface area (Å²) in [4.78, 5) is 33.6. The number of amides is 3. The predicted octanol–water partition coefficient (Wildman–Crippen LogP) is 2.82. The van der Waals surface area contributed by atoms with E-state index in [1.54, 1.807) is 11.1 Å². The lowest BCUT2D eigenvalue weighted by Crippen LogP contribution is -2.69. The molecule has 7 heteroatoms. The number of piperidine rings is 1. The lowest BCUT2D eigenvalue weighted by molar-refractivity contribution is -0.137. The monoisotopic (exact) mass is 384 g/mol. The molecule has 1 aromatic heterocycles. The van der Waals surface area contributed by atoms with E-state index in [2.05, 4.69) is 10.3 Å². The Labute approximate surface area is 163 Å². The van der Waals surface area contributed by atoms with Crippen LogP contribution >= 0.6 is 11.6 Å². The third-order valence-corrected chi connectivity index (χ3v) is 5.55. The smallest absolute Gasteiger partial charge is 0.315 e. The summed E-state index contributed by atoms with van der Waals surface area (Å²) in [6.07, 6.45) is 3.40. The van der Waals surface area contributed by atoms with Gasteiger partial charge in [-0.15, -0.1) is 0 Å². The second-order valence-electron chi connectivity index (χ2n) is 6.89. The molecule has 1 N–H and O–H groups in total. The molecule has 140 valence electrons. The minimum Gasteiger partial charge on any atom is -0.315 e. The van der Waals surface area contributed by atoms with Crippen LogP contribution in [0.2, 0.25) is 5.02 Å². The number of carbonyl (C=O) groups is 2. The zero-order chi connectivity index (χ0) is 18.8. The van der Waals surface area contributed by atoms with Gasteiger partial charge in [0.2, 0.25) is 5.91 Å². The number of pyridine rings is 1. The number of nitrogens with one attached hydrogen (secondary N) is 1. The van der Waals surface area contributed by atoms with Crippen molar-refractivity contribution in [1.29, 1.82) is 0 Å². The van der Waals surface area contributed by atoms with E-state index in [0.29, 0.717) is 17.3 Å². The number of halogens is 1. The average molecular weight is 385 g/mol. The first-order valence-electron chi connectivity index (χ1n) is 9.14. The van der Waals surface area contributed by atoms with Crippen molar-refractivity contribution in [3.8, 4) is 0 Å². The van der Waals surface area contributed by atoms with Crippen molar-refractivity contribution in [2.75, 3.05) is 6.54 Å². The Balaban J connectivity index is 1.64. The van der Waals surface area contributed by atoms with Crippen LogP contribution < -0.4 is 5.32 Å². The van der Waals surface area contributed by atoms with Gasteiger partial charge in [-0.2, -0.15) is 0 Å². The summed E-state index contributed by atoms with van der Waals surface area (Å²) in [6, 6.07) is 12.2. The van der Waals surface area contributed by atoms with E-state index in [-0.39, 0.29) is 30.6 Å². The van der Waals surface area contributed by atoms with E-state index >= 15 is 0 Å². The molecule has 2 unspecified atom stereocenters. The molecule has 2 atom stereocenters. The van der Waals surface area contributed by atoms with Gasteiger partial charge in [0.05, 0.1) is 18.3 Å². The number of fused-ring (bicyclic) bond motifs is 1. The van der Waals surface area contributed by atoms with Gasteiger partial charge in [0, 0.05) is 17.8 Å². The fourth-order valence-electron chi connectivity index (χ4n) is 3.81. The van der Waals surface area contributed by atoms with Gasteiger partial charge >= 0.3 is 6.03 Å². The molecule has 6 nitrogen and oxygen atoms in total. The molecule has 27 heavy (non-hydrogen) atoms. The second-order valence-corrected chi connectivity index (χ2v) is 7.30. The second kappa shape index (κ2) is 7.66. The number of aromatic nitrogens is 1. The predicted molar refractivity (Wildman–Crippen MR) is 102 cm³/mol. The first-order valence-corrected chi connectivity index (χ1v) is 9.51. The van der Waals surface area contributed by atoms with E-state index in [9.17, 15) is 9.59 Å². The topological polar surface area (TPSA) is 65.5 Å². The summed E-state index contributed by atoms with van der Waals surface area (Å²) in [6.45, 7) is 1.33. The highest BCUT2D eigenvalue weighted by atomic mass is 35.5. The summed E-state index contributed by atoms with van der Waals surface area (Å²) in [7, 11) is 0. The molecule has 2 fully saturated rings. The fourth-order valence-corrected chi connectivity index (χ4v) is 4.01. The number of nitrogens with zero attached hydrogens (tertiary/aromatic N) is 3. The fraction of sp³-hybridized carbons (Fsp3) is 0.350. The number of benzene rings is 1. The molecule has 2 saturated heterocycles. The van der Waals surface area contributed by atoms with E-state index in [1.807, 2.05) is 42.5 Å². The highest BCUT2D eigenvalue weighted by Gasteiger charge is 2.47. The molecule has 0 spiro atoms. The first kappa shape index (κ1) is 17.9. The number of urea groups is 1. The third-order valence-electron chi connectivity index (χ3n) is 5.18. The van der Waals surface area contributed by atoms with E-state index in [4.69, 9.17) is 11.6 Å². The maximum Gasteiger partial charge on any atom is 0.327 e. The molecule has 2 aromatic rings. The Morgan fingerprint density at radius 1 is 1.11 bits per heavy atom. The molecule has 0 aliphatic carbocycles. The number of imide groups is 1.